The summed E-state index contributed by atoms with van der Waals surface area (Å²) in [5.41, 5.74) is -2.10. The van der Waals surface area contributed by atoms with E-state index in [-0.39, 0.29) is 23.2 Å². The van der Waals surface area contributed by atoms with Crippen molar-refractivity contribution in [3.8, 4) is 23.1 Å². The molecule has 22 heavy (non-hydrogen) atoms. The van der Waals surface area contributed by atoms with Crippen molar-refractivity contribution in [2.24, 2.45) is 0 Å². The third kappa shape index (κ3) is 2.80. The van der Waals surface area contributed by atoms with E-state index in [0.717, 1.165) is 23.9 Å². The number of H-pyrrole nitrogens is 1. The number of rotatable bonds is 4. The highest BCUT2D eigenvalue weighted by molar-refractivity contribution is 7.98. The van der Waals surface area contributed by atoms with Crippen LogP contribution in [-0.2, 0) is 0 Å². The summed E-state index contributed by atoms with van der Waals surface area (Å²) in [7, 11) is 0. The third-order valence-corrected chi connectivity index (χ3v) is 3.38. The lowest BCUT2D eigenvalue weighted by Crippen LogP contribution is -2.15. The first kappa shape index (κ1) is 16.0. The van der Waals surface area contributed by atoms with Gasteiger partial charge in [-0.15, -0.1) is 0 Å². The molecule has 0 atom stereocenters. The Bertz CT molecular complexity index is 815. The molecule has 1 aromatic carbocycles. The highest BCUT2D eigenvalue weighted by atomic mass is 32.2. The number of aromatic nitrogens is 2. The Kier molecular flexibility index (Phi) is 4.78. The van der Waals surface area contributed by atoms with Crippen LogP contribution in [0.2, 0.25) is 0 Å². The SMILES string of the molecule is CCOc1ccc(F)c(-c2nc(SC)[nH]c(=O)c2C#N)c1F. The number of ether oxygens (including phenoxy) is 1. The summed E-state index contributed by atoms with van der Waals surface area (Å²) in [6.45, 7) is 1.84. The number of nitrogens with zero attached hydrogens (tertiary/aromatic N) is 2. The molecule has 114 valence electrons. The van der Waals surface area contributed by atoms with Crippen LogP contribution in [0.3, 0.4) is 0 Å². The summed E-state index contributed by atoms with van der Waals surface area (Å²) in [4.78, 5) is 18.2. The number of nitriles is 1. The first-order chi connectivity index (χ1) is 10.5. The Labute approximate surface area is 129 Å². The minimum atomic E-state index is -0.997. The van der Waals surface area contributed by atoms with E-state index in [1.165, 1.54) is 0 Å². The van der Waals surface area contributed by atoms with E-state index in [0.29, 0.717) is 0 Å². The van der Waals surface area contributed by atoms with E-state index in [4.69, 9.17) is 10.00 Å². The molecule has 8 heteroatoms. The minimum absolute atomic E-state index is 0.152. The Morgan fingerprint density at radius 2 is 2.18 bits per heavy atom. The number of halogens is 2. The molecule has 0 radical (unpaired) electrons. The van der Waals surface area contributed by atoms with Crippen LogP contribution < -0.4 is 10.3 Å². The van der Waals surface area contributed by atoms with Crippen LogP contribution in [0.25, 0.3) is 11.3 Å². The maximum atomic E-state index is 14.5. The Hall–Kier alpha value is -2.40. The summed E-state index contributed by atoms with van der Waals surface area (Å²) in [6.07, 6.45) is 1.64. The van der Waals surface area contributed by atoms with Crippen LogP contribution in [0.15, 0.2) is 22.1 Å². The molecular formula is C14H11F2N3O2S. The molecule has 2 rings (SSSR count). The largest absolute Gasteiger partial charge is 0.491 e. The van der Waals surface area contributed by atoms with Gasteiger partial charge < -0.3 is 9.72 Å². The number of thioether (sulfide) groups is 1. The molecule has 0 aliphatic carbocycles. The number of hydrogen-bond donors (Lipinski definition) is 1. The zero-order valence-corrected chi connectivity index (χ0v) is 12.6. The second kappa shape index (κ2) is 6.58. The van der Waals surface area contributed by atoms with E-state index in [2.05, 4.69) is 9.97 Å². The summed E-state index contributed by atoms with van der Waals surface area (Å²) in [5.74, 6) is -2.10. The van der Waals surface area contributed by atoms with Crippen molar-refractivity contribution in [3.05, 3.63) is 39.7 Å². The number of benzene rings is 1. The summed E-state index contributed by atoms with van der Waals surface area (Å²) in [5, 5.41) is 9.24. The number of hydrogen-bond acceptors (Lipinski definition) is 5. The fourth-order valence-corrected chi connectivity index (χ4v) is 2.23. The van der Waals surface area contributed by atoms with Crippen molar-refractivity contribution in [2.75, 3.05) is 12.9 Å². The second-order valence-corrected chi connectivity index (χ2v) is 4.87. The van der Waals surface area contributed by atoms with Gasteiger partial charge >= 0.3 is 0 Å². The molecule has 0 aliphatic rings. The van der Waals surface area contributed by atoms with Crippen molar-refractivity contribution in [2.45, 2.75) is 12.1 Å². The molecule has 0 unspecified atom stereocenters. The van der Waals surface area contributed by atoms with Crippen LogP contribution in [0, 0.1) is 23.0 Å². The highest BCUT2D eigenvalue weighted by Crippen LogP contribution is 2.32. The average Bonchev–Trinajstić information content (AvgIpc) is 2.50. The molecule has 0 aliphatic heterocycles. The maximum Gasteiger partial charge on any atom is 0.270 e. The van der Waals surface area contributed by atoms with Gasteiger partial charge in [0, 0.05) is 0 Å². The molecule has 0 amide bonds. The van der Waals surface area contributed by atoms with E-state index in [1.54, 1.807) is 19.2 Å². The van der Waals surface area contributed by atoms with Gasteiger partial charge in [0.15, 0.2) is 16.7 Å². The first-order valence-electron chi connectivity index (χ1n) is 6.23. The lowest BCUT2D eigenvalue weighted by molar-refractivity contribution is 0.321. The summed E-state index contributed by atoms with van der Waals surface area (Å²) in [6, 6.07) is 3.78. The molecule has 0 fully saturated rings. The minimum Gasteiger partial charge on any atom is -0.491 e. The van der Waals surface area contributed by atoms with Crippen molar-refractivity contribution in [1.29, 1.82) is 5.26 Å². The second-order valence-electron chi connectivity index (χ2n) is 4.08. The van der Waals surface area contributed by atoms with Crippen molar-refractivity contribution < 1.29 is 13.5 Å². The van der Waals surface area contributed by atoms with Crippen LogP contribution in [0.4, 0.5) is 8.78 Å². The average molecular weight is 323 g/mol. The Balaban J connectivity index is 2.82. The number of aromatic amines is 1. The van der Waals surface area contributed by atoms with Gasteiger partial charge in [-0.3, -0.25) is 4.79 Å². The van der Waals surface area contributed by atoms with E-state index in [9.17, 15) is 13.6 Å². The molecule has 2 aromatic rings. The van der Waals surface area contributed by atoms with Crippen LogP contribution in [-0.4, -0.2) is 22.8 Å². The predicted octanol–water partition coefficient (Wildman–Crippen LogP) is 2.71. The monoisotopic (exact) mass is 323 g/mol. The van der Waals surface area contributed by atoms with Gasteiger partial charge in [-0.1, -0.05) is 11.8 Å². The lowest BCUT2D eigenvalue weighted by Gasteiger charge is -2.11. The van der Waals surface area contributed by atoms with E-state index >= 15 is 0 Å². The summed E-state index contributed by atoms with van der Waals surface area (Å²) >= 11 is 1.08. The molecule has 1 aromatic heterocycles. The Morgan fingerprint density at radius 3 is 2.77 bits per heavy atom. The molecule has 0 saturated heterocycles. The molecule has 1 heterocycles. The smallest absolute Gasteiger partial charge is 0.270 e. The lowest BCUT2D eigenvalue weighted by atomic mass is 10.1. The third-order valence-electron chi connectivity index (χ3n) is 2.80. The van der Waals surface area contributed by atoms with Gasteiger partial charge in [0.05, 0.1) is 12.2 Å². The van der Waals surface area contributed by atoms with Crippen molar-refractivity contribution >= 4 is 11.8 Å². The topological polar surface area (TPSA) is 78.8 Å². The van der Waals surface area contributed by atoms with Crippen LogP contribution in [0.5, 0.6) is 5.75 Å². The molecule has 0 bridgehead atoms. The molecule has 0 saturated carbocycles. The van der Waals surface area contributed by atoms with Crippen molar-refractivity contribution in [1.82, 2.24) is 9.97 Å². The normalized spacial score (nSPS) is 10.3. The van der Waals surface area contributed by atoms with Crippen LogP contribution >= 0.6 is 11.8 Å². The van der Waals surface area contributed by atoms with E-state index < -0.39 is 28.3 Å². The van der Waals surface area contributed by atoms with Gasteiger partial charge in [0.25, 0.3) is 5.56 Å². The Morgan fingerprint density at radius 1 is 1.45 bits per heavy atom. The molecule has 5 nitrogen and oxygen atoms in total. The van der Waals surface area contributed by atoms with Crippen LogP contribution in [0.1, 0.15) is 12.5 Å². The number of nitrogens with one attached hydrogen (secondary N) is 1. The summed E-state index contributed by atoms with van der Waals surface area (Å²) < 4.78 is 33.6. The zero-order chi connectivity index (χ0) is 16.3. The van der Waals surface area contributed by atoms with Gasteiger partial charge in [-0.05, 0) is 25.3 Å². The fourth-order valence-electron chi connectivity index (χ4n) is 1.85. The van der Waals surface area contributed by atoms with Gasteiger partial charge in [-0.2, -0.15) is 5.26 Å². The molecule has 0 spiro atoms. The van der Waals surface area contributed by atoms with Crippen molar-refractivity contribution in [3.63, 3.8) is 0 Å². The molecule has 1 N–H and O–H groups in total. The maximum absolute atomic E-state index is 14.5. The van der Waals surface area contributed by atoms with E-state index in [1.807, 2.05) is 0 Å². The molecular weight excluding hydrogens is 312 g/mol. The quantitative estimate of drug-likeness (QED) is 0.691. The standard InChI is InChI=1S/C14H11F2N3O2S/c1-3-21-9-5-4-8(15)10(11(9)16)12-7(6-17)13(20)19-14(18-12)22-2/h4-5H,3H2,1-2H3,(H,18,19,20). The predicted molar refractivity (Wildman–Crippen MR) is 77.9 cm³/mol. The zero-order valence-electron chi connectivity index (χ0n) is 11.7. The van der Waals surface area contributed by atoms with Gasteiger partial charge in [-0.25, -0.2) is 13.8 Å². The van der Waals surface area contributed by atoms with Gasteiger partial charge in [0.2, 0.25) is 0 Å². The highest BCUT2D eigenvalue weighted by Gasteiger charge is 2.23. The van der Waals surface area contributed by atoms with Gasteiger partial charge in [0.1, 0.15) is 23.1 Å². The fraction of sp³-hybridized carbons (Fsp3) is 0.214. The first-order valence-corrected chi connectivity index (χ1v) is 7.45.